The zero-order chi connectivity index (χ0) is 20.1. The van der Waals surface area contributed by atoms with Crippen LogP contribution in [0.5, 0.6) is 11.5 Å². The van der Waals surface area contributed by atoms with Crippen LogP contribution in [0.4, 0.5) is 0 Å². The lowest BCUT2D eigenvalue weighted by Crippen LogP contribution is -2.35. The van der Waals surface area contributed by atoms with Gasteiger partial charge in [0.05, 0.1) is 32.1 Å². The summed E-state index contributed by atoms with van der Waals surface area (Å²) in [6.07, 6.45) is 1.67. The molecule has 0 bridgehead atoms. The molecule has 0 radical (unpaired) electrons. The molecule has 0 spiro atoms. The summed E-state index contributed by atoms with van der Waals surface area (Å²) in [6.45, 7) is 1.57. The van der Waals surface area contributed by atoms with Crippen molar-refractivity contribution < 1.29 is 19.4 Å². The Labute approximate surface area is 163 Å². The largest absolute Gasteiger partial charge is 0.497 e. The average Bonchev–Trinajstić information content (AvgIpc) is 3.19. The predicted molar refractivity (Wildman–Crippen MR) is 106 cm³/mol. The number of carbonyl (C=O) groups is 1. The maximum Gasteiger partial charge on any atom is 0.255 e. The molecular weight excluding hydrogens is 358 g/mol. The van der Waals surface area contributed by atoms with Crippen molar-refractivity contribution in [1.29, 1.82) is 0 Å². The molecule has 28 heavy (non-hydrogen) atoms. The molecule has 1 unspecified atom stereocenters. The zero-order valence-corrected chi connectivity index (χ0v) is 16.0. The maximum absolute atomic E-state index is 12.9. The topological polar surface area (TPSA) is 85.6 Å². The minimum atomic E-state index is -0.382. The first-order valence-electron chi connectivity index (χ1n) is 8.86. The number of benzene rings is 2. The Morgan fingerprint density at radius 3 is 2.57 bits per heavy atom. The number of rotatable bonds is 7. The monoisotopic (exact) mass is 381 g/mol. The Hall–Kier alpha value is -3.32. The van der Waals surface area contributed by atoms with Gasteiger partial charge in [-0.25, -0.2) is 4.68 Å². The van der Waals surface area contributed by atoms with Crippen molar-refractivity contribution in [3.05, 3.63) is 60.3 Å². The van der Waals surface area contributed by atoms with E-state index in [1.54, 1.807) is 50.2 Å². The van der Waals surface area contributed by atoms with Crippen LogP contribution in [0, 0.1) is 0 Å². The Kier molecular flexibility index (Phi) is 5.96. The number of nitrogens with one attached hydrogen (secondary N) is 1. The Morgan fingerprint density at radius 2 is 1.93 bits per heavy atom. The van der Waals surface area contributed by atoms with E-state index in [1.165, 1.54) is 0 Å². The van der Waals surface area contributed by atoms with Crippen LogP contribution in [0.25, 0.3) is 16.9 Å². The van der Waals surface area contributed by atoms with Gasteiger partial charge in [0.1, 0.15) is 17.2 Å². The number of aliphatic hydroxyl groups is 1. The van der Waals surface area contributed by atoms with Crippen LogP contribution < -0.4 is 14.8 Å². The molecule has 0 aliphatic rings. The van der Waals surface area contributed by atoms with Gasteiger partial charge in [-0.3, -0.25) is 4.79 Å². The number of aromatic nitrogens is 2. The van der Waals surface area contributed by atoms with Crippen molar-refractivity contribution in [2.75, 3.05) is 20.8 Å². The number of hydrogen-bond donors (Lipinski definition) is 2. The van der Waals surface area contributed by atoms with Gasteiger partial charge in [-0.2, -0.15) is 5.10 Å². The molecule has 0 aliphatic carbocycles. The van der Waals surface area contributed by atoms with Crippen LogP contribution in [-0.4, -0.2) is 47.7 Å². The highest BCUT2D eigenvalue weighted by Gasteiger charge is 2.22. The molecule has 146 valence electrons. The smallest absolute Gasteiger partial charge is 0.255 e. The lowest BCUT2D eigenvalue weighted by Gasteiger charge is -2.12. The van der Waals surface area contributed by atoms with Gasteiger partial charge in [0.15, 0.2) is 0 Å². The van der Waals surface area contributed by atoms with Gasteiger partial charge >= 0.3 is 0 Å². The van der Waals surface area contributed by atoms with Crippen molar-refractivity contribution in [1.82, 2.24) is 15.1 Å². The summed E-state index contributed by atoms with van der Waals surface area (Å²) in [4.78, 5) is 12.9. The molecule has 0 saturated heterocycles. The van der Waals surface area contributed by atoms with Crippen molar-refractivity contribution >= 4 is 5.91 Å². The molecule has 1 amide bonds. The van der Waals surface area contributed by atoms with Crippen LogP contribution >= 0.6 is 0 Å². The highest BCUT2D eigenvalue weighted by Crippen LogP contribution is 2.35. The SMILES string of the molecule is COc1ccc(OC)c(-c2nn(-c3ccccc3)cc2C(=O)NC(C)CO)c1. The number of para-hydroxylation sites is 1. The summed E-state index contributed by atoms with van der Waals surface area (Å²) >= 11 is 0. The minimum Gasteiger partial charge on any atom is -0.497 e. The second-order valence-electron chi connectivity index (χ2n) is 6.29. The molecule has 1 heterocycles. The fourth-order valence-electron chi connectivity index (χ4n) is 2.80. The maximum atomic E-state index is 12.9. The van der Waals surface area contributed by atoms with E-state index in [2.05, 4.69) is 10.4 Å². The number of aliphatic hydroxyl groups excluding tert-OH is 1. The lowest BCUT2D eigenvalue weighted by molar-refractivity contribution is 0.0923. The van der Waals surface area contributed by atoms with Crippen molar-refractivity contribution in [2.24, 2.45) is 0 Å². The second kappa shape index (κ2) is 8.58. The van der Waals surface area contributed by atoms with Crippen LogP contribution in [-0.2, 0) is 0 Å². The van der Waals surface area contributed by atoms with Gasteiger partial charge in [0.25, 0.3) is 5.91 Å². The van der Waals surface area contributed by atoms with Crippen molar-refractivity contribution in [3.8, 4) is 28.4 Å². The second-order valence-corrected chi connectivity index (χ2v) is 6.29. The third kappa shape index (κ3) is 3.99. The summed E-state index contributed by atoms with van der Waals surface area (Å²) < 4.78 is 12.4. The van der Waals surface area contributed by atoms with E-state index in [0.29, 0.717) is 28.3 Å². The summed E-state index contributed by atoms with van der Waals surface area (Å²) in [6, 6.07) is 14.5. The van der Waals surface area contributed by atoms with Crippen molar-refractivity contribution in [3.63, 3.8) is 0 Å². The van der Waals surface area contributed by atoms with E-state index in [9.17, 15) is 9.90 Å². The van der Waals surface area contributed by atoms with Crippen molar-refractivity contribution in [2.45, 2.75) is 13.0 Å². The molecule has 7 nitrogen and oxygen atoms in total. The van der Waals surface area contributed by atoms with E-state index < -0.39 is 0 Å². The predicted octanol–water partition coefficient (Wildman–Crippen LogP) is 2.67. The lowest BCUT2D eigenvalue weighted by atomic mass is 10.1. The zero-order valence-electron chi connectivity index (χ0n) is 16.0. The minimum absolute atomic E-state index is 0.156. The molecule has 3 aromatic rings. The molecule has 1 atom stereocenters. The molecular formula is C21H23N3O4. The summed E-state index contributed by atoms with van der Waals surface area (Å²) in [5.41, 5.74) is 2.29. The molecule has 1 aromatic heterocycles. The quantitative estimate of drug-likeness (QED) is 0.657. The van der Waals surface area contributed by atoms with E-state index in [0.717, 1.165) is 5.69 Å². The molecule has 0 fully saturated rings. The first kappa shape index (κ1) is 19.4. The fraction of sp³-hybridized carbons (Fsp3) is 0.238. The Balaban J connectivity index is 2.16. The Bertz CT molecular complexity index is 954. The first-order valence-corrected chi connectivity index (χ1v) is 8.86. The van der Waals surface area contributed by atoms with Gasteiger partial charge in [-0.05, 0) is 37.3 Å². The van der Waals surface area contributed by atoms with Gasteiger partial charge in [0, 0.05) is 17.8 Å². The van der Waals surface area contributed by atoms with Crippen LogP contribution in [0.15, 0.2) is 54.7 Å². The number of methoxy groups -OCH3 is 2. The normalized spacial score (nSPS) is 11.7. The molecule has 3 rings (SSSR count). The number of hydrogen-bond acceptors (Lipinski definition) is 5. The van der Waals surface area contributed by atoms with Gasteiger partial charge in [-0.1, -0.05) is 18.2 Å². The third-order valence-electron chi connectivity index (χ3n) is 4.29. The van der Waals surface area contributed by atoms with E-state index in [4.69, 9.17) is 9.47 Å². The van der Waals surface area contributed by atoms with Gasteiger partial charge in [0.2, 0.25) is 0 Å². The molecule has 7 heteroatoms. The fourth-order valence-corrected chi connectivity index (χ4v) is 2.80. The third-order valence-corrected chi connectivity index (χ3v) is 4.29. The molecule has 0 aliphatic heterocycles. The summed E-state index contributed by atoms with van der Waals surface area (Å²) in [5.74, 6) is 0.868. The first-order chi connectivity index (χ1) is 13.6. The van der Waals surface area contributed by atoms with Crippen LogP contribution in [0.1, 0.15) is 17.3 Å². The summed E-state index contributed by atoms with van der Waals surface area (Å²) in [7, 11) is 3.14. The highest BCUT2D eigenvalue weighted by molar-refractivity contribution is 6.00. The van der Waals surface area contributed by atoms with Gasteiger partial charge in [-0.15, -0.1) is 0 Å². The molecule has 2 N–H and O–H groups in total. The number of ether oxygens (including phenoxy) is 2. The van der Waals surface area contributed by atoms with E-state index >= 15 is 0 Å². The van der Waals surface area contributed by atoms with Crippen LogP contribution in [0.2, 0.25) is 0 Å². The number of amides is 1. The van der Waals surface area contributed by atoms with Crippen LogP contribution in [0.3, 0.4) is 0 Å². The van der Waals surface area contributed by atoms with Gasteiger partial charge < -0.3 is 19.9 Å². The standard InChI is InChI=1S/C21H23N3O4/c1-14(13-25)22-21(26)18-12-24(15-7-5-4-6-8-15)23-20(18)17-11-16(27-2)9-10-19(17)28-3/h4-12,14,25H,13H2,1-3H3,(H,22,26). The summed E-state index contributed by atoms with van der Waals surface area (Å²) in [5, 5.41) is 16.7. The highest BCUT2D eigenvalue weighted by atomic mass is 16.5. The molecule has 0 saturated carbocycles. The number of carbonyl (C=O) groups excluding carboxylic acids is 1. The molecule has 2 aromatic carbocycles. The average molecular weight is 381 g/mol. The van der Waals surface area contributed by atoms with E-state index in [-0.39, 0.29) is 18.6 Å². The Morgan fingerprint density at radius 1 is 1.18 bits per heavy atom. The number of nitrogens with zero attached hydrogens (tertiary/aromatic N) is 2. The van der Waals surface area contributed by atoms with E-state index in [1.807, 2.05) is 30.3 Å².